The summed E-state index contributed by atoms with van der Waals surface area (Å²) in [5.74, 6) is -0.281. The van der Waals surface area contributed by atoms with Gasteiger partial charge in [0, 0.05) is 12.1 Å². The van der Waals surface area contributed by atoms with Crippen LogP contribution in [0.3, 0.4) is 0 Å². The van der Waals surface area contributed by atoms with Crippen molar-refractivity contribution >= 4 is 17.0 Å². The summed E-state index contributed by atoms with van der Waals surface area (Å²) in [5, 5.41) is 21.7. The molecule has 2 unspecified atom stereocenters. The van der Waals surface area contributed by atoms with E-state index >= 15 is 0 Å². The maximum absolute atomic E-state index is 11.3. The van der Waals surface area contributed by atoms with Gasteiger partial charge in [-0.15, -0.1) is 0 Å². The fourth-order valence-corrected chi connectivity index (χ4v) is 3.81. The van der Waals surface area contributed by atoms with Crippen molar-refractivity contribution in [3.05, 3.63) is 77.9 Å². The number of imidazole rings is 1. The fraction of sp³-hybridized carbons (Fsp3) is 0.200. The molecule has 0 radical (unpaired) electrons. The summed E-state index contributed by atoms with van der Waals surface area (Å²) in [6, 6.07) is 21.2. The Morgan fingerprint density at radius 3 is 2.52 bits per heavy atom. The highest BCUT2D eigenvalue weighted by Gasteiger charge is 2.22. The van der Waals surface area contributed by atoms with Crippen molar-refractivity contribution in [1.29, 1.82) is 0 Å². The van der Waals surface area contributed by atoms with Gasteiger partial charge in [-0.1, -0.05) is 54.6 Å². The van der Waals surface area contributed by atoms with Gasteiger partial charge < -0.3 is 15.2 Å². The maximum Gasteiger partial charge on any atom is 0.323 e. The molecule has 0 amide bonds. The highest BCUT2D eigenvalue weighted by atomic mass is 16.4. The Kier molecular flexibility index (Phi) is 5.84. The summed E-state index contributed by atoms with van der Waals surface area (Å²) in [4.78, 5) is 19.4. The Balaban J connectivity index is 1.63. The second-order valence-electron chi connectivity index (χ2n) is 7.72. The smallest absolute Gasteiger partial charge is 0.323 e. The molecule has 6 nitrogen and oxygen atoms in total. The van der Waals surface area contributed by atoms with Crippen molar-refractivity contribution in [2.24, 2.45) is 0 Å². The van der Waals surface area contributed by atoms with Gasteiger partial charge in [-0.3, -0.25) is 10.1 Å². The molecule has 6 heteroatoms. The van der Waals surface area contributed by atoms with Gasteiger partial charge in [0.05, 0.1) is 17.1 Å². The predicted molar refractivity (Wildman–Crippen MR) is 122 cm³/mol. The number of aliphatic hydroxyl groups is 1. The van der Waals surface area contributed by atoms with Crippen molar-refractivity contribution in [3.63, 3.8) is 0 Å². The van der Waals surface area contributed by atoms with Crippen LogP contribution < -0.4 is 5.32 Å². The highest BCUT2D eigenvalue weighted by molar-refractivity contribution is 5.83. The molecule has 0 saturated carbocycles. The first kappa shape index (κ1) is 20.8. The van der Waals surface area contributed by atoms with Crippen molar-refractivity contribution in [3.8, 4) is 22.5 Å². The van der Waals surface area contributed by atoms with Gasteiger partial charge >= 0.3 is 5.97 Å². The van der Waals surface area contributed by atoms with E-state index in [-0.39, 0.29) is 0 Å². The molecule has 4 rings (SSSR count). The average molecular weight is 415 g/mol. The lowest BCUT2D eigenvalue weighted by Crippen LogP contribution is -2.44. The molecule has 158 valence electrons. The number of H-pyrrole nitrogens is 1. The van der Waals surface area contributed by atoms with Crippen LogP contribution in [0.1, 0.15) is 18.1 Å². The number of fused-ring (bicyclic) bond motifs is 1. The third kappa shape index (κ3) is 4.35. The Hall–Kier alpha value is -3.48. The maximum atomic E-state index is 11.3. The number of aliphatic hydroxyl groups excluding tert-OH is 1. The summed E-state index contributed by atoms with van der Waals surface area (Å²) in [6.45, 7) is 3.89. The van der Waals surface area contributed by atoms with Crippen LogP contribution in [0.4, 0.5) is 0 Å². The van der Waals surface area contributed by atoms with E-state index in [1.165, 1.54) is 12.5 Å². The van der Waals surface area contributed by atoms with Crippen molar-refractivity contribution < 1.29 is 15.0 Å². The molecule has 0 fully saturated rings. The van der Waals surface area contributed by atoms with Gasteiger partial charge in [0.2, 0.25) is 0 Å². The summed E-state index contributed by atoms with van der Waals surface area (Å²) < 4.78 is 0. The van der Waals surface area contributed by atoms with E-state index in [0.717, 1.165) is 39.1 Å². The minimum atomic E-state index is -1.08. The number of aromatic nitrogens is 2. The highest BCUT2D eigenvalue weighted by Crippen LogP contribution is 2.31. The van der Waals surface area contributed by atoms with Gasteiger partial charge in [-0.05, 0) is 48.2 Å². The van der Waals surface area contributed by atoms with E-state index in [9.17, 15) is 15.0 Å². The van der Waals surface area contributed by atoms with Crippen LogP contribution in [0.5, 0.6) is 0 Å². The van der Waals surface area contributed by atoms with Gasteiger partial charge in [0.1, 0.15) is 11.9 Å². The van der Waals surface area contributed by atoms with Crippen molar-refractivity contribution in [1.82, 2.24) is 15.3 Å². The zero-order chi connectivity index (χ0) is 22.0. The standard InChI is InChI=1S/C25H25N3O3/c1-15-19(18-7-4-3-5-8-18)9-6-10-20(15)24-27-21-12-11-17(13-22(21)28-24)14-26-23(16(2)29)25(30)31/h3-13,16,23,26,29H,14H2,1-2H3,(H,27,28)(H,30,31). The van der Waals surface area contributed by atoms with Crippen LogP contribution in [0.25, 0.3) is 33.5 Å². The van der Waals surface area contributed by atoms with Crippen molar-refractivity contribution in [2.75, 3.05) is 0 Å². The number of hydrogen-bond acceptors (Lipinski definition) is 4. The van der Waals surface area contributed by atoms with Crippen LogP contribution in [-0.2, 0) is 11.3 Å². The Morgan fingerprint density at radius 1 is 1.06 bits per heavy atom. The van der Waals surface area contributed by atoms with Gasteiger partial charge in [-0.25, -0.2) is 4.98 Å². The molecule has 1 heterocycles. The third-order valence-electron chi connectivity index (χ3n) is 5.49. The second-order valence-corrected chi connectivity index (χ2v) is 7.72. The fourth-order valence-electron chi connectivity index (χ4n) is 3.81. The Morgan fingerprint density at radius 2 is 1.81 bits per heavy atom. The first-order valence-electron chi connectivity index (χ1n) is 10.2. The van der Waals surface area contributed by atoms with E-state index in [1.54, 1.807) is 0 Å². The molecule has 0 bridgehead atoms. The first-order valence-corrected chi connectivity index (χ1v) is 10.2. The summed E-state index contributed by atoms with van der Waals surface area (Å²) in [6.07, 6.45) is -0.986. The lowest BCUT2D eigenvalue weighted by Gasteiger charge is -2.16. The lowest BCUT2D eigenvalue weighted by molar-refractivity contribution is -0.142. The van der Waals surface area contributed by atoms with Crippen LogP contribution in [0, 0.1) is 6.92 Å². The number of aromatic amines is 1. The van der Waals surface area contributed by atoms with Crippen LogP contribution >= 0.6 is 0 Å². The number of rotatable bonds is 7. The predicted octanol–water partition coefficient (Wildman–Crippen LogP) is 4.13. The minimum Gasteiger partial charge on any atom is -0.480 e. The lowest BCUT2D eigenvalue weighted by atomic mass is 9.96. The van der Waals surface area contributed by atoms with E-state index in [2.05, 4.69) is 41.5 Å². The summed E-state index contributed by atoms with van der Waals surface area (Å²) in [5.41, 5.74) is 7.15. The quantitative estimate of drug-likeness (QED) is 0.364. The van der Waals surface area contributed by atoms with Crippen LogP contribution in [-0.4, -0.2) is 38.3 Å². The first-order chi connectivity index (χ1) is 14.9. The van der Waals surface area contributed by atoms with E-state index in [0.29, 0.717) is 6.54 Å². The Labute approximate surface area is 180 Å². The molecule has 1 aromatic heterocycles. The third-order valence-corrected chi connectivity index (χ3v) is 5.49. The van der Waals surface area contributed by atoms with Gasteiger partial charge in [0.25, 0.3) is 0 Å². The van der Waals surface area contributed by atoms with E-state index in [1.807, 2.05) is 42.5 Å². The molecule has 0 saturated heterocycles. The number of carboxylic acid groups (broad SMARTS) is 1. The number of carboxylic acids is 1. The molecule has 3 aromatic carbocycles. The van der Waals surface area contributed by atoms with Crippen LogP contribution in [0.15, 0.2) is 66.7 Å². The number of hydrogen-bond donors (Lipinski definition) is 4. The molecule has 0 spiro atoms. The molecule has 4 N–H and O–H groups in total. The monoisotopic (exact) mass is 415 g/mol. The van der Waals surface area contributed by atoms with Crippen LogP contribution in [0.2, 0.25) is 0 Å². The normalized spacial score (nSPS) is 13.3. The molecule has 2 atom stereocenters. The molecular weight excluding hydrogens is 390 g/mol. The van der Waals surface area contributed by atoms with E-state index < -0.39 is 18.1 Å². The van der Waals surface area contributed by atoms with Gasteiger partial charge in [0.15, 0.2) is 0 Å². The molecule has 31 heavy (non-hydrogen) atoms. The van der Waals surface area contributed by atoms with E-state index in [4.69, 9.17) is 4.98 Å². The molecule has 0 aliphatic carbocycles. The number of nitrogens with one attached hydrogen (secondary N) is 2. The molecular formula is C25H25N3O3. The summed E-state index contributed by atoms with van der Waals surface area (Å²) >= 11 is 0. The second kappa shape index (κ2) is 8.71. The number of nitrogens with zero attached hydrogens (tertiary/aromatic N) is 1. The zero-order valence-electron chi connectivity index (χ0n) is 17.5. The molecule has 4 aromatic rings. The molecule has 0 aliphatic rings. The number of aliphatic carboxylic acids is 1. The van der Waals surface area contributed by atoms with Gasteiger partial charge in [-0.2, -0.15) is 0 Å². The average Bonchev–Trinajstić information content (AvgIpc) is 3.17. The SMILES string of the molecule is Cc1c(-c2ccccc2)cccc1-c1nc2ccc(CNC(C(=O)O)C(C)O)cc2[nH]1. The minimum absolute atomic E-state index is 0.328. The number of carbonyl (C=O) groups is 1. The number of benzene rings is 3. The zero-order valence-corrected chi connectivity index (χ0v) is 17.5. The molecule has 0 aliphatic heterocycles. The Bertz CT molecular complexity index is 1220. The summed E-state index contributed by atoms with van der Waals surface area (Å²) in [7, 11) is 0. The topological polar surface area (TPSA) is 98.2 Å². The largest absolute Gasteiger partial charge is 0.480 e. The van der Waals surface area contributed by atoms with Crippen molar-refractivity contribution in [2.45, 2.75) is 32.5 Å².